The number of carbonyl (C=O) groups excluding carboxylic acids is 1. The molecule has 1 amide bonds. The van der Waals surface area contributed by atoms with Crippen LogP contribution in [0.25, 0.3) is 0 Å². The van der Waals surface area contributed by atoms with Gasteiger partial charge in [-0.2, -0.15) is 0 Å². The van der Waals surface area contributed by atoms with Crippen molar-refractivity contribution < 1.29 is 14.3 Å². The first-order valence-corrected chi connectivity index (χ1v) is 6.44. The van der Waals surface area contributed by atoms with Gasteiger partial charge in [-0.3, -0.25) is 4.79 Å². The van der Waals surface area contributed by atoms with Gasteiger partial charge in [-0.15, -0.1) is 0 Å². The maximum Gasteiger partial charge on any atom is 0.236 e. The Labute approximate surface area is 113 Å². The van der Waals surface area contributed by atoms with E-state index in [0.29, 0.717) is 6.54 Å². The zero-order valence-electron chi connectivity index (χ0n) is 11.4. The normalized spacial score (nSPS) is 15.5. The second-order valence-corrected chi connectivity index (χ2v) is 4.50. The summed E-state index contributed by atoms with van der Waals surface area (Å²) < 4.78 is 10.5. The molecule has 0 bridgehead atoms. The minimum Gasteiger partial charge on any atom is -0.493 e. The van der Waals surface area contributed by atoms with E-state index in [9.17, 15) is 4.79 Å². The molecular formula is C14H20N2O3. The second kappa shape index (κ2) is 6.43. The molecule has 1 heterocycles. The molecule has 19 heavy (non-hydrogen) atoms. The monoisotopic (exact) mass is 264 g/mol. The molecule has 0 spiro atoms. The van der Waals surface area contributed by atoms with Crippen LogP contribution in [0.3, 0.4) is 0 Å². The third kappa shape index (κ3) is 3.38. The summed E-state index contributed by atoms with van der Waals surface area (Å²) in [6.07, 6.45) is 0.825. The summed E-state index contributed by atoms with van der Waals surface area (Å²) in [6, 6.07) is 5.87. The van der Waals surface area contributed by atoms with E-state index in [1.807, 2.05) is 23.1 Å². The highest BCUT2D eigenvalue weighted by molar-refractivity contribution is 5.79. The number of benzene rings is 1. The molecular weight excluding hydrogens is 244 g/mol. The van der Waals surface area contributed by atoms with Crippen molar-refractivity contribution in [3.05, 3.63) is 23.8 Å². The Hall–Kier alpha value is -1.75. The van der Waals surface area contributed by atoms with E-state index in [-0.39, 0.29) is 5.91 Å². The Morgan fingerprint density at radius 3 is 2.74 bits per heavy atom. The fourth-order valence-electron chi connectivity index (χ4n) is 2.18. The average molecular weight is 264 g/mol. The summed E-state index contributed by atoms with van der Waals surface area (Å²) in [7, 11) is 3.25. The highest BCUT2D eigenvalue weighted by Crippen LogP contribution is 2.27. The minimum atomic E-state index is 0.173. The Kier molecular flexibility index (Phi) is 4.63. The van der Waals surface area contributed by atoms with E-state index in [2.05, 4.69) is 5.32 Å². The third-order valence-corrected chi connectivity index (χ3v) is 3.31. The number of nitrogens with one attached hydrogen (secondary N) is 1. The maximum absolute atomic E-state index is 11.7. The van der Waals surface area contributed by atoms with Gasteiger partial charge in [0.15, 0.2) is 11.5 Å². The van der Waals surface area contributed by atoms with Crippen molar-refractivity contribution >= 4 is 5.91 Å². The van der Waals surface area contributed by atoms with Crippen molar-refractivity contribution in [1.82, 2.24) is 10.2 Å². The second-order valence-electron chi connectivity index (χ2n) is 4.50. The molecule has 1 N–H and O–H groups in total. The summed E-state index contributed by atoms with van der Waals surface area (Å²) in [5, 5.41) is 3.07. The van der Waals surface area contributed by atoms with Gasteiger partial charge < -0.3 is 19.7 Å². The third-order valence-electron chi connectivity index (χ3n) is 3.31. The molecule has 1 aromatic rings. The lowest BCUT2D eigenvalue weighted by Gasteiger charge is -2.27. The lowest BCUT2D eigenvalue weighted by molar-refractivity contribution is -0.131. The number of ether oxygens (including phenoxy) is 2. The fraction of sp³-hybridized carbons (Fsp3) is 0.500. The van der Waals surface area contributed by atoms with Gasteiger partial charge in [-0.1, -0.05) is 6.07 Å². The Bertz CT molecular complexity index is 448. The highest BCUT2D eigenvalue weighted by atomic mass is 16.5. The molecule has 1 aliphatic rings. The lowest BCUT2D eigenvalue weighted by Crippen LogP contribution is -2.48. The summed E-state index contributed by atoms with van der Waals surface area (Å²) in [4.78, 5) is 13.6. The van der Waals surface area contributed by atoms with Crippen molar-refractivity contribution in [1.29, 1.82) is 0 Å². The van der Waals surface area contributed by atoms with Crippen LogP contribution >= 0.6 is 0 Å². The standard InChI is InChI=1S/C14H20N2O3/c1-18-12-4-3-11(9-13(12)19-2)5-7-16-8-6-15-10-14(16)17/h3-4,9,15H,5-8,10H2,1-2H3. The van der Waals surface area contributed by atoms with Gasteiger partial charge in [0.1, 0.15) is 0 Å². The van der Waals surface area contributed by atoms with Crippen LogP contribution in [-0.4, -0.2) is 51.2 Å². The average Bonchev–Trinajstić information content (AvgIpc) is 2.46. The van der Waals surface area contributed by atoms with Crippen LogP contribution in [-0.2, 0) is 11.2 Å². The van der Waals surface area contributed by atoms with Gasteiger partial charge >= 0.3 is 0 Å². The van der Waals surface area contributed by atoms with Crippen LogP contribution in [0.2, 0.25) is 0 Å². The first kappa shape index (κ1) is 13.7. The number of methoxy groups -OCH3 is 2. The molecule has 0 aliphatic carbocycles. The van der Waals surface area contributed by atoms with Gasteiger partial charge in [0.05, 0.1) is 20.8 Å². The zero-order valence-corrected chi connectivity index (χ0v) is 11.4. The van der Waals surface area contributed by atoms with Crippen LogP contribution in [0.4, 0.5) is 0 Å². The van der Waals surface area contributed by atoms with E-state index in [1.54, 1.807) is 14.2 Å². The number of carbonyl (C=O) groups is 1. The van der Waals surface area contributed by atoms with Crippen molar-refractivity contribution in [3.63, 3.8) is 0 Å². The van der Waals surface area contributed by atoms with Crippen LogP contribution in [0, 0.1) is 0 Å². The number of amides is 1. The Balaban J connectivity index is 1.97. The van der Waals surface area contributed by atoms with Gasteiger partial charge in [-0.05, 0) is 24.1 Å². The molecule has 1 fully saturated rings. The largest absolute Gasteiger partial charge is 0.493 e. The van der Waals surface area contributed by atoms with Crippen LogP contribution in [0.5, 0.6) is 11.5 Å². The van der Waals surface area contributed by atoms with E-state index >= 15 is 0 Å². The van der Waals surface area contributed by atoms with Gasteiger partial charge in [0.2, 0.25) is 5.91 Å². The Morgan fingerprint density at radius 2 is 2.05 bits per heavy atom. The smallest absolute Gasteiger partial charge is 0.236 e. The summed E-state index contributed by atoms with van der Waals surface area (Å²) in [5.41, 5.74) is 1.14. The summed E-state index contributed by atoms with van der Waals surface area (Å²) >= 11 is 0. The maximum atomic E-state index is 11.7. The molecule has 5 nitrogen and oxygen atoms in total. The zero-order chi connectivity index (χ0) is 13.7. The molecule has 5 heteroatoms. The number of nitrogens with zero attached hydrogens (tertiary/aromatic N) is 1. The predicted octanol–water partition coefficient (Wildman–Crippen LogP) is 0.678. The van der Waals surface area contributed by atoms with Crippen molar-refractivity contribution in [2.75, 3.05) is 40.4 Å². The molecule has 1 saturated heterocycles. The number of rotatable bonds is 5. The SMILES string of the molecule is COc1ccc(CCN2CCNCC2=O)cc1OC. The fourth-order valence-corrected chi connectivity index (χ4v) is 2.18. The minimum absolute atomic E-state index is 0.173. The first-order valence-electron chi connectivity index (χ1n) is 6.44. The molecule has 0 aromatic heterocycles. The van der Waals surface area contributed by atoms with E-state index < -0.39 is 0 Å². The van der Waals surface area contributed by atoms with Crippen LogP contribution < -0.4 is 14.8 Å². The van der Waals surface area contributed by atoms with Gasteiger partial charge in [0, 0.05) is 19.6 Å². The van der Waals surface area contributed by atoms with E-state index in [1.165, 1.54) is 0 Å². The predicted molar refractivity (Wildman–Crippen MR) is 72.7 cm³/mol. The summed E-state index contributed by atoms with van der Waals surface area (Å²) in [5.74, 6) is 1.63. The molecule has 1 aliphatic heterocycles. The van der Waals surface area contributed by atoms with Crippen molar-refractivity contribution in [2.45, 2.75) is 6.42 Å². The number of hydrogen-bond donors (Lipinski definition) is 1. The number of piperazine rings is 1. The van der Waals surface area contributed by atoms with E-state index in [4.69, 9.17) is 9.47 Å². The quantitative estimate of drug-likeness (QED) is 0.849. The van der Waals surface area contributed by atoms with Gasteiger partial charge in [-0.25, -0.2) is 0 Å². The van der Waals surface area contributed by atoms with Crippen molar-refractivity contribution in [2.24, 2.45) is 0 Å². The number of hydrogen-bond acceptors (Lipinski definition) is 4. The molecule has 2 rings (SSSR count). The van der Waals surface area contributed by atoms with Crippen LogP contribution in [0.1, 0.15) is 5.56 Å². The van der Waals surface area contributed by atoms with Gasteiger partial charge in [0.25, 0.3) is 0 Å². The molecule has 0 unspecified atom stereocenters. The van der Waals surface area contributed by atoms with Crippen molar-refractivity contribution in [3.8, 4) is 11.5 Å². The lowest BCUT2D eigenvalue weighted by atomic mass is 10.1. The molecule has 0 saturated carbocycles. The molecule has 0 radical (unpaired) electrons. The molecule has 0 atom stereocenters. The molecule has 1 aromatic carbocycles. The summed E-state index contributed by atoms with van der Waals surface area (Å²) in [6.45, 7) is 2.85. The van der Waals surface area contributed by atoms with Crippen LogP contribution in [0.15, 0.2) is 18.2 Å². The molecule has 104 valence electrons. The highest BCUT2D eigenvalue weighted by Gasteiger charge is 2.17. The van der Waals surface area contributed by atoms with E-state index in [0.717, 1.165) is 43.1 Å². The topological polar surface area (TPSA) is 50.8 Å². The Morgan fingerprint density at radius 1 is 1.26 bits per heavy atom. The first-order chi connectivity index (χ1) is 9.24.